The number of piperazine rings is 1. The van der Waals surface area contributed by atoms with Crippen LogP contribution in [0.15, 0.2) is 36.5 Å². The number of methoxy groups -OCH3 is 1. The predicted octanol–water partition coefficient (Wildman–Crippen LogP) is 2.42. The molecule has 0 aliphatic carbocycles. The number of para-hydroxylation sites is 1. The molecule has 3 rings (SSSR count). The number of carbonyl (C=O) groups is 1. The number of aromatic nitrogens is 1. The Balaban J connectivity index is 1.78. The molecule has 0 N–H and O–H groups in total. The molecule has 2 aromatic rings. The van der Waals surface area contributed by atoms with Gasteiger partial charge in [0.2, 0.25) is 0 Å². The molecule has 0 spiro atoms. The molecule has 0 bridgehead atoms. The van der Waals surface area contributed by atoms with Crippen molar-refractivity contribution < 1.29 is 9.53 Å². The van der Waals surface area contributed by atoms with Crippen LogP contribution in [-0.2, 0) is 4.74 Å². The first-order valence-electron chi connectivity index (χ1n) is 8.60. The molecule has 5 heteroatoms. The van der Waals surface area contributed by atoms with E-state index in [4.69, 9.17) is 4.74 Å². The van der Waals surface area contributed by atoms with Crippen LogP contribution in [0, 0.1) is 0 Å². The van der Waals surface area contributed by atoms with Gasteiger partial charge in [0.05, 0.1) is 17.7 Å². The summed E-state index contributed by atoms with van der Waals surface area (Å²) < 4.78 is 5.20. The molecule has 1 fully saturated rings. The molecule has 1 aromatic carbocycles. The normalized spacial score (nSPS) is 18.9. The number of ether oxygens (including phenoxy) is 1. The molecule has 0 radical (unpaired) electrons. The Kier molecular flexibility index (Phi) is 5.43. The molecule has 0 saturated carbocycles. The maximum absolute atomic E-state index is 13.0. The number of benzene rings is 1. The highest BCUT2D eigenvalue weighted by molar-refractivity contribution is 6.05. The van der Waals surface area contributed by atoms with E-state index in [9.17, 15) is 4.79 Å². The topological polar surface area (TPSA) is 45.7 Å². The van der Waals surface area contributed by atoms with Gasteiger partial charge in [0.1, 0.15) is 0 Å². The first kappa shape index (κ1) is 16.9. The van der Waals surface area contributed by atoms with E-state index in [1.807, 2.05) is 35.2 Å². The molecule has 1 amide bonds. The highest BCUT2D eigenvalue weighted by Crippen LogP contribution is 2.20. The summed E-state index contributed by atoms with van der Waals surface area (Å²) >= 11 is 0. The van der Waals surface area contributed by atoms with Gasteiger partial charge in [-0.25, -0.2) is 0 Å². The summed E-state index contributed by atoms with van der Waals surface area (Å²) in [6.07, 6.45) is 2.78. The molecule has 1 aromatic heterocycles. The van der Waals surface area contributed by atoms with Gasteiger partial charge in [-0.05, 0) is 18.6 Å². The van der Waals surface area contributed by atoms with Crippen LogP contribution in [0.1, 0.15) is 23.7 Å². The first-order valence-corrected chi connectivity index (χ1v) is 8.60. The molecule has 1 atom stereocenters. The van der Waals surface area contributed by atoms with E-state index in [2.05, 4.69) is 16.8 Å². The van der Waals surface area contributed by atoms with Crippen LogP contribution in [0.4, 0.5) is 0 Å². The van der Waals surface area contributed by atoms with Gasteiger partial charge in [0.25, 0.3) is 5.91 Å². The molecule has 1 unspecified atom stereocenters. The molecule has 2 heterocycles. The Bertz CT molecular complexity index is 699. The van der Waals surface area contributed by atoms with Crippen LogP contribution in [-0.4, -0.2) is 66.6 Å². The van der Waals surface area contributed by atoms with Gasteiger partial charge in [0, 0.05) is 50.9 Å². The van der Waals surface area contributed by atoms with Crippen LogP contribution in [0.25, 0.3) is 10.9 Å². The zero-order valence-electron chi connectivity index (χ0n) is 14.4. The van der Waals surface area contributed by atoms with Crippen molar-refractivity contribution >= 4 is 16.8 Å². The zero-order valence-corrected chi connectivity index (χ0v) is 14.4. The molecular formula is C19H25N3O2. The van der Waals surface area contributed by atoms with E-state index in [0.29, 0.717) is 11.6 Å². The second kappa shape index (κ2) is 7.73. The Hall–Kier alpha value is -1.98. The smallest absolute Gasteiger partial charge is 0.256 e. The second-order valence-corrected chi connectivity index (χ2v) is 6.22. The summed E-state index contributed by atoms with van der Waals surface area (Å²) in [6.45, 7) is 6.25. The van der Waals surface area contributed by atoms with E-state index < -0.39 is 0 Å². The minimum atomic E-state index is 0.0872. The standard InChI is InChI=1S/C19H25N3O2/c1-3-16-14-22(11-10-21(16)12-13-24-2)19(23)17-8-4-6-15-7-5-9-20-18(15)17/h4-9,16H,3,10-14H2,1-2H3. The van der Waals surface area contributed by atoms with E-state index in [0.717, 1.165) is 50.1 Å². The van der Waals surface area contributed by atoms with Gasteiger partial charge >= 0.3 is 0 Å². The predicted molar refractivity (Wildman–Crippen MR) is 95.2 cm³/mol. The lowest BCUT2D eigenvalue weighted by molar-refractivity contribution is 0.0386. The Morgan fingerprint density at radius 2 is 2.12 bits per heavy atom. The Labute approximate surface area is 143 Å². The van der Waals surface area contributed by atoms with Crippen molar-refractivity contribution in [3.8, 4) is 0 Å². The zero-order chi connectivity index (χ0) is 16.9. The number of hydrogen-bond acceptors (Lipinski definition) is 4. The first-order chi connectivity index (χ1) is 11.7. The lowest BCUT2D eigenvalue weighted by atomic mass is 10.1. The molecular weight excluding hydrogens is 302 g/mol. The van der Waals surface area contributed by atoms with Gasteiger partial charge in [0.15, 0.2) is 0 Å². The van der Waals surface area contributed by atoms with Crippen molar-refractivity contribution in [2.24, 2.45) is 0 Å². The van der Waals surface area contributed by atoms with Crippen molar-refractivity contribution in [2.45, 2.75) is 19.4 Å². The van der Waals surface area contributed by atoms with Crippen molar-refractivity contribution in [1.29, 1.82) is 0 Å². The average molecular weight is 327 g/mol. The van der Waals surface area contributed by atoms with E-state index in [1.54, 1.807) is 13.3 Å². The minimum Gasteiger partial charge on any atom is -0.383 e. The number of fused-ring (bicyclic) bond motifs is 1. The maximum Gasteiger partial charge on any atom is 0.256 e. The fourth-order valence-corrected chi connectivity index (χ4v) is 3.41. The van der Waals surface area contributed by atoms with Crippen LogP contribution < -0.4 is 0 Å². The fourth-order valence-electron chi connectivity index (χ4n) is 3.41. The van der Waals surface area contributed by atoms with Gasteiger partial charge in [-0.2, -0.15) is 0 Å². The van der Waals surface area contributed by atoms with Crippen LogP contribution >= 0.6 is 0 Å². The molecule has 128 valence electrons. The Morgan fingerprint density at radius 3 is 2.92 bits per heavy atom. The van der Waals surface area contributed by atoms with Crippen LogP contribution in [0.3, 0.4) is 0 Å². The maximum atomic E-state index is 13.0. The van der Waals surface area contributed by atoms with Crippen molar-refractivity contribution in [3.63, 3.8) is 0 Å². The summed E-state index contributed by atoms with van der Waals surface area (Å²) in [5.74, 6) is 0.0872. The lowest BCUT2D eigenvalue weighted by Gasteiger charge is -2.41. The highest BCUT2D eigenvalue weighted by atomic mass is 16.5. The van der Waals surface area contributed by atoms with Gasteiger partial charge < -0.3 is 9.64 Å². The van der Waals surface area contributed by atoms with Gasteiger partial charge in [-0.3, -0.25) is 14.7 Å². The molecule has 24 heavy (non-hydrogen) atoms. The third-order valence-corrected chi connectivity index (χ3v) is 4.81. The van der Waals surface area contributed by atoms with E-state index in [1.165, 1.54) is 0 Å². The number of amides is 1. The number of rotatable bonds is 5. The minimum absolute atomic E-state index is 0.0872. The van der Waals surface area contributed by atoms with Gasteiger partial charge in [-0.15, -0.1) is 0 Å². The number of pyridine rings is 1. The Morgan fingerprint density at radius 1 is 1.29 bits per heavy atom. The number of hydrogen-bond donors (Lipinski definition) is 0. The second-order valence-electron chi connectivity index (χ2n) is 6.22. The van der Waals surface area contributed by atoms with Crippen molar-refractivity contribution in [3.05, 3.63) is 42.1 Å². The highest BCUT2D eigenvalue weighted by Gasteiger charge is 2.29. The summed E-state index contributed by atoms with van der Waals surface area (Å²) in [7, 11) is 1.73. The quantitative estimate of drug-likeness (QED) is 0.846. The third kappa shape index (κ3) is 3.42. The SMILES string of the molecule is CCC1CN(C(=O)c2cccc3cccnc23)CCN1CCOC. The van der Waals surface area contributed by atoms with Crippen molar-refractivity contribution in [1.82, 2.24) is 14.8 Å². The summed E-state index contributed by atoms with van der Waals surface area (Å²) in [5, 5.41) is 1.01. The van der Waals surface area contributed by atoms with Crippen molar-refractivity contribution in [2.75, 3.05) is 39.9 Å². The largest absolute Gasteiger partial charge is 0.383 e. The molecule has 5 nitrogen and oxygen atoms in total. The summed E-state index contributed by atoms with van der Waals surface area (Å²) in [4.78, 5) is 21.9. The summed E-state index contributed by atoms with van der Waals surface area (Å²) in [5.41, 5.74) is 1.49. The van der Waals surface area contributed by atoms with Gasteiger partial charge in [-0.1, -0.05) is 25.1 Å². The number of nitrogens with zero attached hydrogens (tertiary/aromatic N) is 3. The molecule has 1 aliphatic heterocycles. The van der Waals surface area contributed by atoms with E-state index >= 15 is 0 Å². The fraction of sp³-hybridized carbons (Fsp3) is 0.474. The van der Waals surface area contributed by atoms with Crippen LogP contribution in [0.2, 0.25) is 0 Å². The average Bonchev–Trinajstić information content (AvgIpc) is 2.65. The molecule has 1 saturated heterocycles. The monoisotopic (exact) mass is 327 g/mol. The number of carbonyl (C=O) groups excluding carboxylic acids is 1. The third-order valence-electron chi connectivity index (χ3n) is 4.81. The lowest BCUT2D eigenvalue weighted by Crippen LogP contribution is -2.55. The van der Waals surface area contributed by atoms with E-state index in [-0.39, 0.29) is 5.91 Å². The molecule has 1 aliphatic rings. The van der Waals surface area contributed by atoms with Crippen LogP contribution in [0.5, 0.6) is 0 Å². The summed E-state index contributed by atoms with van der Waals surface area (Å²) in [6, 6.07) is 10.1.